The van der Waals surface area contributed by atoms with Gasteiger partial charge in [-0.15, -0.1) is 11.3 Å². The normalized spacial score (nSPS) is 10.7. The van der Waals surface area contributed by atoms with E-state index in [1.807, 2.05) is 48.3 Å². The highest BCUT2D eigenvalue weighted by molar-refractivity contribution is 7.12. The SMILES string of the molecule is CCc1ccc(OCc2csc(C(=O)Nc3cn(CC)nc3C)c2)cc1. The van der Waals surface area contributed by atoms with Gasteiger partial charge in [-0.1, -0.05) is 19.1 Å². The number of carbonyl (C=O) groups excluding carboxylic acids is 1. The molecule has 26 heavy (non-hydrogen) atoms. The summed E-state index contributed by atoms with van der Waals surface area (Å²) in [6.45, 7) is 7.25. The first-order valence-corrected chi connectivity index (χ1v) is 9.61. The van der Waals surface area contributed by atoms with Crippen LogP contribution in [0, 0.1) is 6.92 Å². The van der Waals surface area contributed by atoms with E-state index in [2.05, 4.69) is 29.5 Å². The molecule has 5 nitrogen and oxygen atoms in total. The van der Waals surface area contributed by atoms with Crippen LogP contribution in [-0.2, 0) is 19.6 Å². The van der Waals surface area contributed by atoms with Crippen molar-refractivity contribution in [3.8, 4) is 5.75 Å². The summed E-state index contributed by atoms with van der Waals surface area (Å²) in [5, 5.41) is 9.23. The zero-order valence-corrected chi connectivity index (χ0v) is 16.1. The lowest BCUT2D eigenvalue weighted by atomic mass is 10.2. The van der Waals surface area contributed by atoms with E-state index in [1.54, 1.807) is 0 Å². The maximum absolute atomic E-state index is 12.4. The summed E-state index contributed by atoms with van der Waals surface area (Å²) in [6, 6.07) is 9.97. The average molecular weight is 369 g/mol. The number of thiophene rings is 1. The van der Waals surface area contributed by atoms with Gasteiger partial charge in [0.1, 0.15) is 12.4 Å². The van der Waals surface area contributed by atoms with E-state index in [1.165, 1.54) is 16.9 Å². The number of anilines is 1. The lowest BCUT2D eigenvalue weighted by molar-refractivity contribution is 0.103. The molecule has 0 saturated heterocycles. The van der Waals surface area contributed by atoms with E-state index < -0.39 is 0 Å². The molecule has 0 unspecified atom stereocenters. The molecule has 0 aliphatic rings. The van der Waals surface area contributed by atoms with Crippen LogP contribution in [0.4, 0.5) is 5.69 Å². The average Bonchev–Trinajstić information content (AvgIpc) is 3.27. The van der Waals surface area contributed by atoms with Gasteiger partial charge >= 0.3 is 0 Å². The second-order valence-corrected chi connectivity index (χ2v) is 6.95. The molecular weight excluding hydrogens is 346 g/mol. The summed E-state index contributed by atoms with van der Waals surface area (Å²) >= 11 is 1.42. The molecule has 2 aromatic heterocycles. The lowest BCUT2D eigenvalue weighted by Crippen LogP contribution is -2.10. The molecule has 1 amide bonds. The minimum absolute atomic E-state index is 0.118. The number of nitrogens with one attached hydrogen (secondary N) is 1. The fourth-order valence-corrected chi connectivity index (χ4v) is 3.34. The molecular formula is C20H23N3O2S. The van der Waals surface area contributed by atoms with Crippen LogP contribution in [0.25, 0.3) is 0 Å². The molecule has 0 aliphatic carbocycles. The summed E-state index contributed by atoms with van der Waals surface area (Å²) in [6.07, 6.45) is 2.87. The molecule has 136 valence electrons. The first-order valence-electron chi connectivity index (χ1n) is 8.73. The van der Waals surface area contributed by atoms with Crippen LogP contribution in [-0.4, -0.2) is 15.7 Å². The van der Waals surface area contributed by atoms with Gasteiger partial charge in [0, 0.05) is 18.3 Å². The van der Waals surface area contributed by atoms with Gasteiger partial charge in [0.05, 0.1) is 16.3 Å². The minimum Gasteiger partial charge on any atom is -0.489 e. The van der Waals surface area contributed by atoms with Crippen molar-refractivity contribution in [2.75, 3.05) is 5.32 Å². The molecule has 0 aliphatic heterocycles. The summed E-state index contributed by atoms with van der Waals surface area (Å²) in [5.74, 6) is 0.717. The quantitative estimate of drug-likeness (QED) is 0.659. The van der Waals surface area contributed by atoms with Gasteiger partial charge in [-0.25, -0.2) is 0 Å². The Morgan fingerprint density at radius 3 is 2.65 bits per heavy atom. The van der Waals surface area contributed by atoms with Crippen molar-refractivity contribution in [1.82, 2.24) is 9.78 Å². The predicted octanol–water partition coefficient (Wildman–Crippen LogP) is 4.67. The molecule has 0 fully saturated rings. The third-order valence-electron chi connectivity index (χ3n) is 4.13. The van der Waals surface area contributed by atoms with Crippen LogP contribution < -0.4 is 10.1 Å². The van der Waals surface area contributed by atoms with Crippen molar-refractivity contribution in [2.24, 2.45) is 0 Å². The monoisotopic (exact) mass is 369 g/mol. The number of benzene rings is 1. The molecule has 6 heteroatoms. The van der Waals surface area contributed by atoms with Crippen LogP contribution >= 0.6 is 11.3 Å². The zero-order valence-electron chi connectivity index (χ0n) is 15.3. The number of carbonyl (C=O) groups is 1. The molecule has 3 rings (SSSR count). The third kappa shape index (κ3) is 4.32. The third-order valence-corrected chi connectivity index (χ3v) is 5.11. The van der Waals surface area contributed by atoms with E-state index in [0.29, 0.717) is 11.5 Å². The Morgan fingerprint density at radius 1 is 1.23 bits per heavy atom. The first kappa shape index (κ1) is 18.2. The van der Waals surface area contributed by atoms with Gasteiger partial charge in [0.15, 0.2) is 0 Å². The van der Waals surface area contributed by atoms with Crippen molar-refractivity contribution in [1.29, 1.82) is 0 Å². The fourth-order valence-electron chi connectivity index (χ4n) is 2.54. The fraction of sp³-hybridized carbons (Fsp3) is 0.300. The lowest BCUT2D eigenvalue weighted by Gasteiger charge is -2.05. The largest absolute Gasteiger partial charge is 0.489 e. The highest BCUT2D eigenvalue weighted by Gasteiger charge is 2.13. The maximum Gasteiger partial charge on any atom is 0.265 e. The standard InChI is InChI=1S/C20H23N3O2S/c1-4-15-6-8-17(9-7-15)25-12-16-10-19(26-13-16)20(24)21-18-11-23(5-2)22-14(18)3/h6-11,13H,4-5,12H2,1-3H3,(H,21,24). The van der Waals surface area contributed by atoms with Gasteiger partial charge in [-0.3, -0.25) is 9.48 Å². The number of aryl methyl sites for hydroxylation is 3. The maximum atomic E-state index is 12.4. The van der Waals surface area contributed by atoms with Crippen molar-refractivity contribution >= 4 is 22.9 Å². The Morgan fingerprint density at radius 2 is 2.00 bits per heavy atom. The molecule has 2 heterocycles. The summed E-state index contributed by atoms with van der Waals surface area (Å²) < 4.78 is 7.61. The number of hydrogen-bond acceptors (Lipinski definition) is 4. The van der Waals surface area contributed by atoms with Gasteiger partial charge in [0.25, 0.3) is 5.91 Å². The smallest absolute Gasteiger partial charge is 0.265 e. The Balaban J connectivity index is 1.59. The van der Waals surface area contributed by atoms with Crippen LogP contribution in [0.5, 0.6) is 5.75 Å². The van der Waals surface area contributed by atoms with E-state index in [9.17, 15) is 4.79 Å². The zero-order chi connectivity index (χ0) is 18.5. The number of hydrogen-bond donors (Lipinski definition) is 1. The number of amides is 1. The molecule has 1 aromatic carbocycles. The summed E-state index contributed by atoms with van der Waals surface area (Å²) in [4.78, 5) is 13.1. The minimum atomic E-state index is -0.118. The summed E-state index contributed by atoms with van der Waals surface area (Å²) in [5.41, 5.74) is 3.84. The van der Waals surface area contributed by atoms with Gasteiger partial charge in [-0.05, 0) is 49.4 Å². The molecule has 0 radical (unpaired) electrons. The van der Waals surface area contributed by atoms with Crippen molar-refractivity contribution in [3.63, 3.8) is 0 Å². The number of rotatable bonds is 7. The van der Waals surface area contributed by atoms with Crippen LogP contribution in [0.2, 0.25) is 0 Å². The first-order chi connectivity index (χ1) is 12.6. The number of ether oxygens (including phenoxy) is 1. The Kier molecular flexibility index (Phi) is 5.73. The molecule has 0 spiro atoms. The highest BCUT2D eigenvalue weighted by atomic mass is 32.1. The molecule has 3 aromatic rings. The topological polar surface area (TPSA) is 56.1 Å². The van der Waals surface area contributed by atoms with E-state index in [-0.39, 0.29) is 5.91 Å². The Labute approximate surface area is 157 Å². The highest BCUT2D eigenvalue weighted by Crippen LogP contribution is 2.21. The Bertz CT molecular complexity index is 881. The van der Waals surface area contributed by atoms with Gasteiger partial charge in [-0.2, -0.15) is 5.10 Å². The van der Waals surface area contributed by atoms with E-state index in [4.69, 9.17) is 4.74 Å². The van der Waals surface area contributed by atoms with Crippen LogP contribution in [0.15, 0.2) is 41.9 Å². The van der Waals surface area contributed by atoms with Crippen molar-refractivity contribution in [3.05, 3.63) is 63.6 Å². The van der Waals surface area contributed by atoms with Crippen molar-refractivity contribution < 1.29 is 9.53 Å². The van der Waals surface area contributed by atoms with Crippen LogP contribution in [0.1, 0.15) is 40.3 Å². The Hall–Kier alpha value is -2.60. The number of nitrogens with zero attached hydrogens (tertiary/aromatic N) is 2. The number of aromatic nitrogens is 2. The molecule has 1 N–H and O–H groups in total. The van der Waals surface area contributed by atoms with Gasteiger partial charge in [0.2, 0.25) is 0 Å². The second kappa shape index (κ2) is 8.19. The van der Waals surface area contributed by atoms with Crippen molar-refractivity contribution in [2.45, 2.75) is 40.3 Å². The molecule has 0 saturated carbocycles. The predicted molar refractivity (Wildman–Crippen MR) is 105 cm³/mol. The van der Waals surface area contributed by atoms with Gasteiger partial charge < -0.3 is 10.1 Å². The van der Waals surface area contributed by atoms with E-state index >= 15 is 0 Å². The second-order valence-electron chi connectivity index (χ2n) is 6.04. The molecule has 0 atom stereocenters. The molecule has 0 bridgehead atoms. The summed E-state index contributed by atoms with van der Waals surface area (Å²) in [7, 11) is 0. The van der Waals surface area contributed by atoms with E-state index in [0.717, 1.165) is 35.7 Å². The van der Waals surface area contributed by atoms with Crippen LogP contribution in [0.3, 0.4) is 0 Å².